The van der Waals surface area contributed by atoms with Crippen LogP contribution in [0.15, 0.2) is 29.3 Å². The summed E-state index contributed by atoms with van der Waals surface area (Å²) in [4.78, 5) is 7.02. The van der Waals surface area contributed by atoms with E-state index in [1.165, 1.54) is 11.1 Å². The number of rotatable bonds is 6. The first kappa shape index (κ1) is 21.2. The predicted molar refractivity (Wildman–Crippen MR) is 109 cm³/mol. The van der Waals surface area contributed by atoms with Gasteiger partial charge >= 0.3 is 0 Å². The van der Waals surface area contributed by atoms with Crippen molar-refractivity contribution in [2.75, 3.05) is 46.5 Å². The third-order valence-corrected chi connectivity index (χ3v) is 4.00. The van der Waals surface area contributed by atoms with E-state index in [9.17, 15) is 0 Å². The predicted octanol–water partition coefficient (Wildman–Crippen LogP) is 2.99. The van der Waals surface area contributed by atoms with E-state index in [0.29, 0.717) is 0 Å². The largest absolute Gasteiger partial charge is 0.385 e. The molecule has 1 N–H and O–H groups in total. The van der Waals surface area contributed by atoms with Gasteiger partial charge in [-0.1, -0.05) is 24.3 Å². The Labute approximate surface area is 162 Å². The molecule has 1 aliphatic rings. The van der Waals surface area contributed by atoms with Crippen LogP contribution in [-0.4, -0.2) is 57.4 Å². The van der Waals surface area contributed by atoms with Crippen LogP contribution in [0, 0.1) is 6.92 Å². The quantitative estimate of drug-likeness (QED) is 0.315. The molecule has 1 heterocycles. The van der Waals surface area contributed by atoms with Crippen LogP contribution in [0.4, 0.5) is 0 Å². The molecule has 1 aromatic rings. The third-order valence-electron chi connectivity index (χ3n) is 4.00. The highest BCUT2D eigenvalue weighted by atomic mass is 127. The standard InChI is InChI=1S/C18H29N3O2.HI/c1-4-19-18(20-10-7-12-22-3)21-11-13-23-17(14-21)16-9-6-5-8-15(16)2;/h5-6,8-9,17H,4,7,10-14H2,1-3H3,(H,19,20);1H. The van der Waals surface area contributed by atoms with Crippen molar-refractivity contribution >= 4 is 29.9 Å². The number of ether oxygens (including phenoxy) is 2. The first-order valence-electron chi connectivity index (χ1n) is 8.45. The van der Waals surface area contributed by atoms with Crippen LogP contribution in [0.2, 0.25) is 0 Å². The molecule has 0 spiro atoms. The highest BCUT2D eigenvalue weighted by Crippen LogP contribution is 2.24. The van der Waals surface area contributed by atoms with Crippen LogP contribution in [0.3, 0.4) is 0 Å². The molecule has 1 fully saturated rings. The van der Waals surface area contributed by atoms with Gasteiger partial charge in [0, 0.05) is 33.4 Å². The van der Waals surface area contributed by atoms with Crippen LogP contribution in [0.5, 0.6) is 0 Å². The fraction of sp³-hybridized carbons (Fsp3) is 0.611. The maximum Gasteiger partial charge on any atom is 0.194 e. The topological polar surface area (TPSA) is 46.1 Å². The molecule has 1 atom stereocenters. The van der Waals surface area contributed by atoms with Gasteiger partial charge in [0.15, 0.2) is 5.96 Å². The SMILES string of the molecule is CCNC(=NCCCOC)N1CCOC(c2ccccc2C)C1.I. The molecule has 1 saturated heterocycles. The Morgan fingerprint density at radius 1 is 1.42 bits per heavy atom. The van der Waals surface area contributed by atoms with Crippen molar-refractivity contribution < 1.29 is 9.47 Å². The number of aliphatic imine (C=N–C) groups is 1. The zero-order chi connectivity index (χ0) is 16.5. The number of halogens is 1. The summed E-state index contributed by atoms with van der Waals surface area (Å²) in [7, 11) is 1.73. The smallest absolute Gasteiger partial charge is 0.194 e. The van der Waals surface area contributed by atoms with Gasteiger partial charge < -0.3 is 19.7 Å². The minimum absolute atomic E-state index is 0. The van der Waals surface area contributed by atoms with E-state index in [1.54, 1.807) is 7.11 Å². The first-order chi connectivity index (χ1) is 11.3. The summed E-state index contributed by atoms with van der Waals surface area (Å²) >= 11 is 0. The molecule has 1 aromatic carbocycles. The van der Waals surface area contributed by atoms with E-state index in [0.717, 1.165) is 51.8 Å². The Morgan fingerprint density at radius 2 is 2.21 bits per heavy atom. The molecule has 2 rings (SSSR count). The monoisotopic (exact) mass is 447 g/mol. The number of morpholine rings is 1. The molecule has 0 aliphatic carbocycles. The Bertz CT molecular complexity index is 511. The summed E-state index contributed by atoms with van der Waals surface area (Å²) in [6, 6.07) is 8.45. The second-order valence-corrected chi connectivity index (χ2v) is 5.74. The Kier molecular flexibility index (Phi) is 10.3. The zero-order valence-corrected chi connectivity index (χ0v) is 17.3. The zero-order valence-electron chi connectivity index (χ0n) is 15.0. The van der Waals surface area contributed by atoms with E-state index in [1.807, 2.05) is 0 Å². The average Bonchev–Trinajstić information content (AvgIpc) is 2.58. The van der Waals surface area contributed by atoms with Gasteiger partial charge in [0.1, 0.15) is 6.10 Å². The second-order valence-electron chi connectivity index (χ2n) is 5.74. The molecular formula is C18H30IN3O2. The summed E-state index contributed by atoms with van der Waals surface area (Å²) in [5.41, 5.74) is 2.55. The maximum atomic E-state index is 6.00. The van der Waals surface area contributed by atoms with Crippen LogP contribution < -0.4 is 5.32 Å². The normalized spacial score (nSPS) is 18.2. The lowest BCUT2D eigenvalue weighted by molar-refractivity contribution is -0.00833. The number of hydrogen-bond acceptors (Lipinski definition) is 3. The van der Waals surface area contributed by atoms with Crippen LogP contribution in [-0.2, 0) is 9.47 Å². The number of methoxy groups -OCH3 is 1. The maximum absolute atomic E-state index is 6.00. The van der Waals surface area contributed by atoms with Crippen molar-refractivity contribution in [3.8, 4) is 0 Å². The molecule has 1 unspecified atom stereocenters. The minimum Gasteiger partial charge on any atom is -0.385 e. The Morgan fingerprint density at radius 3 is 2.92 bits per heavy atom. The molecule has 136 valence electrons. The Balaban J connectivity index is 0.00000288. The number of nitrogens with one attached hydrogen (secondary N) is 1. The van der Waals surface area contributed by atoms with Crippen LogP contribution in [0.25, 0.3) is 0 Å². The molecule has 0 bridgehead atoms. The third kappa shape index (κ3) is 6.22. The molecule has 0 saturated carbocycles. The molecule has 24 heavy (non-hydrogen) atoms. The summed E-state index contributed by atoms with van der Waals surface area (Å²) in [6.45, 7) is 9.07. The van der Waals surface area contributed by atoms with E-state index < -0.39 is 0 Å². The second kappa shape index (κ2) is 11.7. The fourth-order valence-electron chi connectivity index (χ4n) is 2.80. The van der Waals surface area contributed by atoms with E-state index in [4.69, 9.17) is 14.5 Å². The number of hydrogen-bond donors (Lipinski definition) is 1. The molecule has 0 radical (unpaired) electrons. The van der Waals surface area contributed by atoms with Crippen LogP contribution in [0.1, 0.15) is 30.6 Å². The molecule has 1 aliphatic heterocycles. The minimum atomic E-state index is 0. The summed E-state index contributed by atoms with van der Waals surface area (Å²) in [6.07, 6.45) is 1.05. The molecule has 6 heteroatoms. The van der Waals surface area contributed by atoms with Gasteiger partial charge in [0.05, 0.1) is 13.2 Å². The van der Waals surface area contributed by atoms with E-state index in [-0.39, 0.29) is 30.1 Å². The van der Waals surface area contributed by atoms with Gasteiger partial charge in [-0.15, -0.1) is 24.0 Å². The lowest BCUT2D eigenvalue weighted by Gasteiger charge is -2.35. The fourth-order valence-corrected chi connectivity index (χ4v) is 2.80. The van der Waals surface area contributed by atoms with Crippen molar-refractivity contribution in [1.29, 1.82) is 0 Å². The number of aryl methyl sites for hydroxylation is 1. The highest BCUT2D eigenvalue weighted by molar-refractivity contribution is 14.0. The first-order valence-corrected chi connectivity index (χ1v) is 8.45. The van der Waals surface area contributed by atoms with Crippen molar-refractivity contribution in [3.05, 3.63) is 35.4 Å². The van der Waals surface area contributed by atoms with Crippen molar-refractivity contribution in [2.24, 2.45) is 4.99 Å². The van der Waals surface area contributed by atoms with Crippen molar-refractivity contribution in [3.63, 3.8) is 0 Å². The molecular weight excluding hydrogens is 417 g/mol. The number of nitrogens with zero attached hydrogens (tertiary/aromatic N) is 2. The van der Waals surface area contributed by atoms with Gasteiger partial charge in [-0.2, -0.15) is 0 Å². The van der Waals surface area contributed by atoms with Crippen LogP contribution >= 0.6 is 24.0 Å². The van der Waals surface area contributed by atoms with Crippen molar-refractivity contribution in [1.82, 2.24) is 10.2 Å². The molecule has 0 amide bonds. The summed E-state index contributed by atoms with van der Waals surface area (Å²) < 4.78 is 11.1. The van der Waals surface area contributed by atoms with Gasteiger partial charge in [0.25, 0.3) is 0 Å². The van der Waals surface area contributed by atoms with Gasteiger partial charge in [-0.05, 0) is 31.4 Å². The lowest BCUT2D eigenvalue weighted by atomic mass is 10.0. The Hall–Kier alpha value is -0.860. The van der Waals surface area contributed by atoms with Gasteiger partial charge in [-0.25, -0.2) is 0 Å². The molecule has 5 nitrogen and oxygen atoms in total. The van der Waals surface area contributed by atoms with Gasteiger partial charge in [-0.3, -0.25) is 4.99 Å². The van der Waals surface area contributed by atoms with E-state index >= 15 is 0 Å². The average molecular weight is 447 g/mol. The van der Waals surface area contributed by atoms with Crippen molar-refractivity contribution in [2.45, 2.75) is 26.4 Å². The summed E-state index contributed by atoms with van der Waals surface area (Å²) in [5.74, 6) is 0.977. The molecule has 0 aromatic heterocycles. The summed E-state index contributed by atoms with van der Waals surface area (Å²) in [5, 5.41) is 3.40. The lowest BCUT2D eigenvalue weighted by Crippen LogP contribution is -2.48. The highest BCUT2D eigenvalue weighted by Gasteiger charge is 2.24. The number of benzene rings is 1. The van der Waals surface area contributed by atoms with E-state index in [2.05, 4.69) is 48.3 Å². The number of guanidine groups is 1. The van der Waals surface area contributed by atoms with Gasteiger partial charge in [0.2, 0.25) is 0 Å².